The van der Waals surface area contributed by atoms with Crippen molar-refractivity contribution < 1.29 is 4.74 Å². The van der Waals surface area contributed by atoms with Crippen molar-refractivity contribution >= 4 is 0 Å². The first kappa shape index (κ1) is 18.6. The topological polar surface area (TPSA) is 48.3 Å². The molecule has 4 nitrogen and oxygen atoms in total. The van der Waals surface area contributed by atoms with Crippen LogP contribution in [-0.4, -0.2) is 30.2 Å². The maximum Gasteiger partial charge on any atom is 0.0991 e. The van der Waals surface area contributed by atoms with E-state index in [1.165, 1.54) is 16.7 Å². The summed E-state index contributed by atoms with van der Waals surface area (Å²) in [6, 6.07) is 18.6. The van der Waals surface area contributed by atoms with Gasteiger partial charge in [0.25, 0.3) is 0 Å². The minimum atomic E-state index is 0.292. The molecule has 1 heterocycles. The molecule has 0 aromatic heterocycles. The van der Waals surface area contributed by atoms with Gasteiger partial charge in [-0.1, -0.05) is 36.4 Å². The molecule has 1 fully saturated rings. The minimum Gasteiger partial charge on any atom is -0.373 e. The first-order chi connectivity index (χ1) is 12.6. The summed E-state index contributed by atoms with van der Waals surface area (Å²) in [6.07, 6.45) is 0.584. The largest absolute Gasteiger partial charge is 0.373 e. The van der Waals surface area contributed by atoms with Gasteiger partial charge in [0.2, 0.25) is 0 Å². The molecule has 0 bridgehead atoms. The number of nitrogens with zero attached hydrogens (tertiary/aromatic N) is 2. The lowest BCUT2D eigenvalue weighted by Gasteiger charge is -2.35. The number of hydrogen-bond acceptors (Lipinski definition) is 4. The van der Waals surface area contributed by atoms with E-state index in [1.54, 1.807) is 0 Å². The van der Waals surface area contributed by atoms with Gasteiger partial charge in [-0.25, -0.2) is 0 Å². The van der Waals surface area contributed by atoms with E-state index < -0.39 is 0 Å². The molecule has 1 aliphatic rings. The quantitative estimate of drug-likeness (QED) is 0.868. The standard InChI is InChI=1S/C22H27N3O/c1-17-14-25(15-18(2)26-17)16-22-6-4-3-5-21(22)13-24-12-20-9-7-19(11-23)8-10-20/h3-10,17-18,24H,12-16H2,1-2H3/t17-,18-/m0/s1. The van der Waals surface area contributed by atoms with E-state index in [9.17, 15) is 0 Å². The molecule has 0 radical (unpaired) electrons. The van der Waals surface area contributed by atoms with Gasteiger partial charge >= 0.3 is 0 Å². The second-order valence-corrected chi connectivity index (χ2v) is 7.13. The van der Waals surface area contributed by atoms with E-state index in [0.717, 1.165) is 32.7 Å². The second kappa shape index (κ2) is 8.95. The van der Waals surface area contributed by atoms with Crippen LogP contribution in [-0.2, 0) is 24.4 Å². The molecule has 0 unspecified atom stereocenters. The molecule has 1 saturated heterocycles. The van der Waals surface area contributed by atoms with Crippen LogP contribution in [0.5, 0.6) is 0 Å². The highest BCUT2D eigenvalue weighted by Crippen LogP contribution is 2.17. The van der Waals surface area contributed by atoms with E-state index in [-0.39, 0.29) is 0 Å². The third-order valence-electron chi connectivity index (χ3n) is 4.74. The maximum absolute atomic E-state index is 8.87. The molecule has 4 heteroatoms. The molecule has 136 valence electrons. The minimum absolute atomic E-state index is 0.292. The van der Waals surface area contributed by atoms with Gasteiger partial charge in [-0.05, 0) is 42.7 Å². The zero-order valence-electron chi connectivity index (χ0n) is 15.6. The molecule has 26 heavy (non-hydrogen) atoms. The molecular weight excluding hydrogens is 322 g/mol. The summed E-state index contributed by atoms with van der Waals surface area (Å²) in [4.78, 5) is 2.48. The lowest BCUT2D eigenvalue weighted by Crippen LogP contribution is -2.45. The Morgan fingerprint density at radius 1 is 1.00 bits per heavy atom. The molecule has 1 aliphatic heterocycles. The summed E-state index contributed by atoms with van der Waals surface area (Å²) < 4.78 is 5.84. The lowest BCUT2D eigenvalue weighted by atomic mass is 10.1. The Balaban J connectivity index is 1.57. The highest BCUT2D eigenvalue weighted by Gasteiger charge is 2.22. The third-order valence-corrected chi connectivity index (χ3v) is 4.74. The monoisotopic (exact) mass is 349 g/mol. The van der Waals surface area contributed by atoms with Crippen molar-refractivity contribution in [2.75, 3.05) is 13.1 Å². The Kier molecular flexibility index (Phi) is 6.40. The highest BCUT2D eigenvalue weighted by molar-refractivity contribution is 5.32. The number of benzene rings is 2. The van der Waals surface area contributed by atoms with Crippen LogP contribution in [0.15, 0.2) is 48.5 Å². The van der Waals surface area contributed by atoms with Gasteiger partial charge < -0.3 is 10.1 Å². The van der Waals surface area contributed by atoms with Crippen LogP contribution < -0.4 is 5.32 Å². The van der Waals surface area contributed by atoms with Gasteiger partial charge in [-0.15, -0.1) is 0 Å². The van der Waals surface area contributed by atoms with Gasteiger partial charge in [-0.3, -0.25) is 4.90 Å². The SMILES string of the molecule is C[C@H]1CN(Cc2ccccc2CNCc2ccc(C#N)cc2)C[C@H](C)O1. The van der Waals surface area contributed by atoms with Crippen LogP contribution in [0, 0.1) is 11.3 Å². The van der Waals surface area contributed by atoms with E-state index in [0.29, 0.717) is 17.8 Å². The number of hydrogen-bond donors (Lipinski definition) is 1. The number of rotatable bonds is 6. The Morgan fingerprint density at radius 2 is 1.65 bits per heavy atom. The number of morpholine rings is 1. The van der Waals surface area contributed by atoms with E-state index in [1.807, 2.05) is 24.3 Å². The Bertz CT molecular complexity index is 741. The second-order valence-electron chi connectivity index (χ2n) is 7.13. The van der Waals surface area contributed by atoms with Crippen LogP contribution in [0.3, 0.4) is 0 Å². The molecule has 0 spiro atoms. The number of nitrogens with one attached hydrogen (secondary N) is 1. The normalized spacial score (nSPS) is 20.7. The zero-order chi connectivity index (χ0) is 18.4. The zero-order valence-corrected chi connectivity index (χ0v) is 15.6. The molecule has 3 rings (SSSR count). The van der Waals surface area contributed by atoms with E-state index >= 15 is 0 Å². The first-order valence-electron chi connectivity index (χ1n) is 9.28. The van der Waals surface area contributed by atoms with Crippen molar-refractivity contribution in [1.29, 1.82) is 5.26 Å². The molecule has 0 saturated carbocycles. The average molecular weight is 349 g/mol. The van der Waals surface area contributed by atoms with Crippen molar-refractivity contribution in [3.63, 3.8) is 0 Å². The van der Waals surface area contributed by atoms with Crippen molar-refractivity contribution in [2.45, 2.75) is 45.7 Å². The smallest absolute Gasteiger partial charge is 0.0991 e. The molecule has 0 aliphatic carbocycles. The van der Waals surface area contributed by atoms with Crippen LogP contribution in [0.25, 0.3) is 0 Å². The summed E-state index contributed by atoms with van der Waals surface area (Å²) in [5.74, 6) is 0. The fourth-order valence-corrected chi connectivity index (χ4v) is 3.58. The predicted octanol–water partition coefficient (Wildman–Crippen LogP) is 3.46. The predicted molar refractivity (Wildman–Crippen MR) is 103 cm³/mol. The third kappa shape index (κ3) is 5.15. The van der Waals surface area contributed by atoms with Crippen molar-refractivity contribution in [1.82, 2.24) is 10.2 Å². The Labute approximate surface area is 156 Å². The van der Waals surface area contributed by atoms with Gasteiger partial charge in [0, 0.05) is 32.7 Å². The van der Waals surface area contributed by atoms with Crippen molar-refractivity contribution in [3.05, 3.63) is 70.8 Å². The molecule has 0 amide bonds. The summed E-state index contributed by atoms with van der Waals surface area (Å²) in [5, 5.41) is 12.4. The maximum atomic E-state index is 8.87. The van der Waals surface area contributed by atoms with Crippen molar-refractivity contribution in [2.24, 2.45) is 0 Å². The molecule has 2 aromatic carbocycles. The first-order valence-corrected chi connectivity index (χ1v) is 9.28. The fourth-order valence-electron chi connectivity index (χ4n) is 3.58. The highest BCUT2D eigenvalue weighted by atomic mass is 16.5. The van der Waals surface area contributed by atoms with Crippen LogP contribution in [0.1, 0.15) is 36.1 Å². The fraction of sp³-hybridized carbons (Fsp3) is 0.409. The van der Waals surface area contributed by atoms with E-state index in [2.05, 4.69) is 54.4 Å². The summed E-state index contributed by atoms with van der Waals surface area (Å²) >= 11 is 0. The van der Waals surface area contributed by atoms with Crippen LogP contribution >= 0.6 is 0 Å². The number of ether oxygens (including phenoxy) is 1. The lowest BCUT2D eigenvalue weighted by molar-refractivity contribution is -0.0705. The van der Waals surface area contributed by atoms with Crippen LogP contribution in [0.4, 0.5) is 0 Å². The Hall–Kier alpha value is -2.19. The van der Waals surface area contributed by atoms with Gasteiger partial charge in [-0.2, -0.15) is 5.26 Å². The average Bonchev–Trinajstić information content (AvgIpc) is 2.63. The molecular formula is C22H27N3O. The van der Waals surface area contributed by atoms with Crippen molar-refractivity contribution in [3.8, 4) is 6.07 Å². The molecule has 2 aromatic rings. The molecule has 2 atom stereocenters. The van der Waals surface area contributed by atoms with Gasteiger partial charge in [0.1, 0.15) is 0 Å². The summed E-state index contributed by atoms with van der Waals surface area (Å²) in [7, 11) is 0. The molecule has 1 N–H and O–H groups in total. The van der Waals surface area contributed by atoms with Crippen LogP contribution in [0.2, 0.25) is 0 Å². The summed E-state index contributed by atoms with van der Waals surface area (Å²) in [5.41, 5.74) is 4.61. The van der Waals surface area contributed by atoms with Gasteiger partial charge in [0.05, 0.1) is 23.8 Å². The Morgan fingerprint density at radius 3 is 2.31 bits per heavy atom. The summed E-state index contributed by atoms with van der Waals surface area (Å²) in [6.45, 7) is 8.86. The van der Waals surface area contributed by atoms with Gasteiger partial charge in [0.15, 0.2) is 0 Å². The number of nitriles is 1. The van der Waals surface area contributed by atoms with E-state index in [4.69, 9.17) is 10.00 Å².